The fourth-order valence-electron chi connectivity index (χ4n) is 2.92. The van der Waals surface area contributed by atoms with Crippen LogP contribution in [0.1, 0.15) is 30.1 Å². The molecule has 31 heavy (non-hydrogen) atoms. The van der Waals surface area contributed by atoms with Gasteiger partial charge < -0.3 is 18.9 Å². The van der Waals surface area contributed by atoms with Gasteiger partial charge in [-0.25, -0.2) is 4.39 Å². The average molecular weight is 429 g/mol. The van der Waals surface area contributed by atoms with Gasteiger partial charge in [0.25, 0.3) is 5.91 Å². The van der Waals surface area contributed by atoms with E-state index in [1.807, 2.05) is 6.92 Å². The van der Waals surface area contributed by atoms with Crippen LogP contribution in [0.2, 0.25) is 0 Å². The Kier molecular flexibility index (Phi) is 7.07. The lowest BCUT2D eigenvalue weighted by Crippen LogP contribution is -2.15. The number of halogens is 1. The average Bonchev–Trinajstić information content (AvgIpc) is 3.22. The van der Waals surface area contributed by atoms with Gasteiger partial charge in [0, 0.05) is 11.1 Å². The summed E-state index contributed by atoms with van der Waals surface area (Å²) in [5.74, 6) is 0.498. The number of ether oxygens (including phenoxy) is 4. The van der Waals surface area contributed by atoms with E-state index in [2.05, 4.69) is 10.1 Å². The summed E-state index contributed by atoms with van der Waals surface area (Å²) in [6.07, 6.45) is 1.76. The number of carbonyl (C=O) groups is 1. The number of hydrogen-bond acceptors (Lipinski definition) is 7. The number of hydrogen-bond donors (Lipinski definition) is 0. The van der Waals surface area contributed by atoms with Gasteiger partial charge in [-0.2, -0.15) is 9.67 Å². The Hall–Kier alpha value is -3.62. The Balaban J connectivity index is 2.11. The normalized spacial score (nSPS) is 10.6. The first-order chi connectivity index (χ1) is 15.0. The molecule has 8 nitrogen and oxygen atoms in total. The lowest BCUT2D eigenvalue weighted by molar-refractivity contribution is 0.0944. The molecular weight excluding hydrogens is 405 g/mol. The van der Waals surface area contributed by atoms with E-state index in [9.17, 15) is 9.18 Å². The Labute approximate surface area is 179 Å². The van der Waals surface area contributed by atoms with Crippen molar-refractivity contribution in [3.05, 3.63) is 47.8 Å². The number of unbranched alkanes of at least 4 members (excludes halogenated alkanes) is 1. The molecule has 0 saturated carbocycles. The summed E-state index contributed by atoms with van der Waals surface area (Å²) >= 11 is 0. The van der Waals surface area contributed by atoms with Gasteiger partial charge in [-0.1, -0.05) is 13.3 Å². The lowest BCUT2D eigenvalue weighted by Gasteiger charge is -2.14. The third-order valence-electron chi connectivity index (χ3n) is 4.52. The highest BCUT2D eigenvalue weighted by Gasteiger charge is 2.23. The smallest absolute Gasteiger partial charge is 0.336 e. The summed E-state index contributed by atoms with van der Waals surface area (Å²) in [5.41, 5.74) is 0.753. The van der Waals surface area contributed by atoms with Crippen LogP contribution in [-0.2, 0) is 0 Å². The van der Waals surface area contributed by atoms with Crippen molar-refractivity contribution in [2.24, 2.45) is 0 Å². The fraction of sp³-hybridized carbons (Fsp3) is 0.318. The van der Waals surface area contributed by atoms with Crippen LogP contribution in [0.4, 0.5) is 4.39 Å². The molecule has 3 rings (SSSR count). The van der Waals surface area contributed by atoms with Crippen molar-refractivity contribution >= 4 is 5.91 Å². The number of aromatic nitrogens is 3. The van der Waals surface area contributed by atoms with Gasteiger partial charge in [-0.15, -0.1) is 5.10 Å². The molecule has 0 unspecified atom stereocenters. The van der Waals surface area contributed by atoms with Crippen LogP contribution in [0.15, 0.2) is 36.4 Å². The second kappa shape index (κ2) is 9.92. The summed E-state index contributed by atoms with van der Waals surface area (Å²) in [4.78, 5) is 17.5. The molecule has 0 spiro atoms. The zero-order chi connectivity index (χ0) is 22.4. The van der Waals surface area contributed by atoms with Gasteiger partial charge in [-0.05, 0) is 42.8 Å². The molecule has 1 aromatic heterocycles. The maximum Gasteiger partial charge on any atom is 0.336 e. The maximum absolute atomic E-state index is 13.3. The molecule has 164 valence electrons. The highest BCUT2D eigenvalue weighted by atomic mass is 19.1. The van der Waals surface area contributed by atoms with Gasteiger partial charge in [0.15, 0.2) is 17.3 Å². The summed E-state index contributed by atoms with van der Waals surface area (Å²) in [6.45, 7) is 2.45. The van der Waals surface area contributed by atoms with E-state index < -0.39 is 11.7 Å². The van der Waals surface area contributed by atoms with Gasteiger partial charge in [0.05, 0.1) is 27.9 Å². The van der Waals surface area contributed by atoms with Gasteiger partial charge >= 0.3 is 6.01 Å². The Morgan fingerprint density at radius 2 is 1.68 bits per heavy atom. The van der Waals surface area contributed by atoms with E-state index in [-0.39, 0.29) is 17.4 Å². The SMILES string of the molecule is CCCCOc1nc(-c2cc(OC)c(OC)c(OC)c2)n(C(=O)c2ccc(F)cc2)n1. The first-order valence-corrected chi connectivity index (χ1v) is 9.72. The summed E-state index contributed by atoms with van der Waals surface area (Å²) in [5, 5.41) is 4.24. The highest BCUT2D eigenvalue weighted by Crippen LogP contribution is 2.41. The minimum atomic E-state index is -0.485. The number of carbonyl (C=O) groups excluding carboxylic acids is 1. The molecule has 3 aromatic rings. The molecule has 0 fully saturated rings. The van der Waals surface area contributed by atoms with Crippen LogP contribution in [0.3, 0.4) is 0 Å². The Bertz CT molecular complexity index is 1020. The summed E-state index contributed by atoms with van der Waals surface area (Å²) in [7, 11) is 4.49. The van der Waals surface area contributed by atoms with E-state index in [1.54, 1.807) is 12.1 Å². The molecule has 0 aliphatic rings. The predicted octanol–water partition coefficient (Wildman–Crippen LogP) is 3.98. The van der Waals surface area contributed by atoms with Crippen molar-refractivity contribution in [3.8, 4) is 34.6 Å². The Morgan fingerprint density at radius 3 is 2.23 bits per heavy atom. The van der Waals surface area contributed by atoms with Gasteiger partial charge in [0.1, 0.15) is 5.82 Å². The highest BCUT2D eigenvalue weighted by molar-refractivity contribution is 5.97. The molecular formula is C22H24FN3O5. The topological polar surface area (TPSA) is 84.7 Å². The van der Waals surface area contributed by atoms with Crippen LogP contribution in [-0.4, -0.2) is 48.6 Å². The minimum Gasteiger partial charge on any atom is -0.493 e. The van der Waals surface area contributed by atoms with Crippen LogP contribution in [0, 0.1) is 5.82 Å². The zero-order valence-corrected chi connectivity index (χ0v) is 17.8. The molecule has 0 N–H and O–H groups in total. The molecule has 0 saturated heterocycles. The van der Waals surface area contributed by atoms with Crippen LogP contribution in [0.25, 0.3) is 11.4 Å². The van der Waals surface area contributed by atoms with E-state index in [0.29, 0.717) is 29.4 Å². The predicted molar refractivity (Wildman–Crippen MR) is 112 cm³/mol. The molecule has 0 aliphatic carbocycles. The molecule has 0 aliphatic heterocycles. The number of methoxy groups -OCH3 is 3. The molecule has 9 heteroatoms. The summed E-state index contributed by atoms with van der Waals surface area (Å²) < 4.78 is 36.2. The zero-order valence-electron chi connectivity index (χ0n) is 17.8. The fourth-order valence-corrected chi connectivity index (χ4v) is 2.92. The molecule has 0 atom stereocenters. The minimum absolute atomic E-state index is 0.0627. The summed E-state index contributed by atoms with van der Waals surface area (Å²) in [6, 6.07) is 8.58. The van der Waals surface area contributed by atoms with Crippen molar-refractivity contribution in [2.45, 2.75) is 19.8 Å². The van der Waals surface area contributed by atoms with E-state index in [4.69, 9.17) is 18.9 Å². The molecule has 0 radical (unpaired) electrons. The molecule has 2 aromatic carbocycles. The Morgan fingerprint density at radius 1 is 1.03 bits per heavy atom. The van der Waals surface area contributed by atoms with Crippen LogP contribution < -0.4 is 18.9 Å². The second-order valence-electron chi connectivity index (χ2n) is 6.56. The first-order valence-electron chi connectivity index (χ1n) is 9.72. The third kappa shape index (κ3) is 4.76. The van der Waals surface area contributed by atoms with Crippen molar-refractivity contribution in [1.29, 1.82) is 0 Å². The molecule has 1 heterocycles. The molecule has 0 bridgehead atoms. The number of nitrogens with zero attached hydrogens (tertiary/aromatic N) is 3. The number of rotatable bonds is 9. The molecule has 0 amide bonds. The van der Waals surface area contributed by atoms with Gasteiger partial charge in [0.2, 0.25) is 5.75 Å². The second-order valence-corrected chi connectivity index (χ2v) is 6.56. The third-order valence-corrected chi connectivity index (χ3v) is 4.52. The number of benzene rings is 2. The quantitative estimate of drug-likeness (QED) is 0.476. The van der Waals surface area contributed by atoms with E-state index >= 15 is 0 Å². The largest absolute Gasteiger partial charge is 0.493 e. The van der Waals surface area contributed by atoms with Crippen molar-refractivity contribution < 1.29 is 28.1 Å². The van der Waals surface area contributed by atoms with Crippen LogP contribution in [0.5, 0.6) is 23.3 Å². The van der Waals surface area contributed by atoms with Crippen molar-refractivity contribution in [2.75, 3.05) is 27.9 Å². The first kappa shape index (κ1) is 22.1. The van der Waals surface area contributed by atoms with E-state index in [0.717, 1.165) is 17.5 Å². The van der Waals surface area contributed by atoms with Crippen LogP contribution >= 0.6 is 0 Å². The van der Waals surface area contributed by atoms with Gasteiger partial charge in [-0.3, -0.25) is 4.79 Å². The monoisotopic (exact) mass is 429 g/mol. The maximum atomic E-state index is 13.3. The van der Waals surface area contributed by atoms with Crippen molar-refractivity contribution in [3.63, 3.8) is 0 Å². The lowest BCUT2D eigenvalue weighted by atomic mass is 10.1. The van der Waals surface area contributed by atoms with E-state index in [1.165, 1.54) is 45.6 Å². The van der Waals surface area contributed by atoms with Crippen molar-refractivity contribution in [1.82, 2.24) is 14.8 Å². The standard InChI is InChI=1S/C22H24FN3O5/c1-5-6-11-31-22-24-20(15-12-17(28-2)19(30-4)18(13-15)29-3)26(25-22)21(27)14-7-9-16(23)10-8-14/h7-10,12-13H,5-6,11H2,1-4H3.